The molecule has 1 aromatic rings. The number of thiocarbonyl (C=S) groups is 1. The first kappa shape index (κ1) is 11.9. The average molecular weight is 224 g/mol. The Morgan fingerprint density at radius 1 is 1.60 bits per heavy atom. The van der Waals surface area contributed by atoms with E-state index in [1.165, 1.54) is 0 Å². The van der Waals surface area contributed by atoms with E-state index in [4.69, 9.17) is 22.7 Å². The van der Waals surface area contributed by atoms with Gasteiger partial charge in [0.05, 0.1) is 12.2 Å². The van der Waals surface area contributed by atoms with E-state index in [1.54, 1.807) is 12.3 Å². The summed E-state index contributed by atoms with van der Waals surface area (Å²) in [5, 5.41) is 0. The second-order valence-electron chi connectivity index (χ2n) is 3.75. The zero-order chi connectivity index (χ0) is 11.3. The van der Waals surface area contributed by atoms with Gasteiger partial charge < -0.3 is 10.5 Å². The van der Waals surface area contributed by atoms with Gasteiger partial charge in [-0.05, 0) is 24.5 Å². The lowest BCUT2D eigenvalue weighted by molar-refractivity contribution is 0.279. The molecule has 1 aromatic heterocycles. The van der Waals surface area contributed by atoms with Gasteiger partial charge in [-0.2, -0.15) is 0 Å². The normalized spacial score (nSPS) is 10.3. The van der Waals surface area contributed by atoms with Gasteiger partial charge in [0.25, 0.3) is 0 Å². The maximum Gasteiger partial charge on any atom is 0.223 e. The molecule has 82 valence electrons. The molecule has 0 amide bonds. The fourth-order valence-electron chi connectivity index (χ4n) is 1.08. The van der Waals surface area contributed by atoms with Crippen molar-refractivity contribution in [3.05, 3.63) is 23.9 Å². The van der Waals surface area contributed by atoms with Gasteiger partial charge in [0.1, 0.15) is 4.99 Å². The highest BCUT2D eigenvalue weighted by molar-refractivity contribution is 7.80. The molecule has 2 N–H and O–H groups in total. The predicted octanol–water partition coefficient (Wildman–Crippen LogP) is 2.14. The van der Waals surface area contributed by atoms with E-state index in [0.29, 0.717) is 29.0 Å². The highest BCUT2D eigenvalue weighted by atomic mass is 32.1. The maximum absolute atomic E-state index is 5.56. The van der Waals surface area contributed by atoms with Crippen LogP contribution in [0.15, 0.2) is 18.3 Å². The minimum Gasteiger partial charge on any atom is -0.477 e. The van der Waals surface area contributed by atoms with Crippen molar-refractivity contribution in [2.24, 2.45) is 11.7 Å². The van der Waals surface area contributed by atoms with Gasteiger partial charge in [-0.3, -0.25) is 0 Å². The van der Waals surface area contributed by atoms with Gasteiger partial charge in [0, 0.05) is 6.20 Å². The molecule has 0 unspecified atom stereocenters. The summed E-state index contributed by atoms with van der Waals surface area (Å²) in [7, 11) is 0. The van der Waals surface area contributed by atoms with Crippen LogP contribution in [0.3, 0.4) is 0 Å². The van der Waals surface area contributed by atoms with Crippen LogP contribution in [0, 0.1) is 5.92 Å². The SMILES string of the molecule is CC(C)CCOc1ncccc1C(N)=S. The Morgan fingerprint density at radius 2 is 2.33 bits per heavy atom. The van der Waals surface area contributed by atoms with Crippen LogP contribution >= 0.6 is 12.2 Å². The van der Waals surface area contributed by atoms with Crippen LogP contribution in [0.1, 0.15) is 25.8 Å². The Labute approximate surface area is 95.7 Å². The van der Waals surface area contributed by atoms with E-state index in [2.05, 4.69) is 18.8 Å². The van der Waals surface area contributed by atoms with E-state index in [0.717, 1.165) is 6.42 Å². The number of ether oxygens (including phenoxy) is 1. The minimum absolute atomic E-state index is 0.322. The van der Waals surface area contributed by atoms with Crippen molar-refractivity contribution >= 4 is 17.2 Å². The zero-order valence-corrected chi connectivity index (χ0v) is 9.88. The molecule has 0 bridgehead atoms. The summed E-state index contributed by atoms with van der Waals surface area (Å²) in [5.74, 6) is 1.15. The Morgan fingerprint density at radius 3 is 2.93 bits per heavy atom. The third kappa shape index (κ3) is 3.83. The van der Waals surface area contributed by atoms with Crippen LogP contribution in [-0.2, 0) is 0 Å². The largest absolute Gasteiger partial charge is 0.477 e. The number of hydrogen-bond acceptors (Lipinski definition) is 3. The number of pyridine rings is 1. The number of aromatic nitrogens is 1. The molecular formula is C11H16N2OS. The highest BCUT2D eigenvalue weighted by Crippen LogP contribution is 2.14. The second-order valence-corrected chi connectivity index (χ2v) is 4.19. The van der Waals surface area contributed by atoms with E-state index >= 15 is 0 Å². The molecule has 0 saturated heterocycles. The van der Waals surface area contributed by atoms with Crippen LogP contribution in [-0.4, -0.2) is 16.6 Å². The number of rotatable bonds is 5. The molecule has 1 heterocycles. The predicted molar refractivity (Wildman–Crippen MR) is 65.1 cm³/mol. The summed E-state index contributed by atoms with van der Waals surface area (Å²) in [4.78, 5) is 4.43. The molecule has 0 aliphatic rings. The number of hydrogen-bond donors (Lipinski definition) is 1. The molecule has 15 heavy (non-hydrogen) atoms. The average Bonchev–Trinajstić information content (AvgIpc) is 2.17. The van der Waals surface area contributed by atoms with Gasteiger partial charge >= 0.3 is 0 Å². The monoisotopic (exact) mass is 224 g/mol. The molecule has 0 aromatic carbocycles. The molecule has 0 spiro atoms. The lowest BCUT2D eigenvalue weighted by Crippen LogP contribution is -2.13. The molecule has 1 rings (SSSR count). The second kappa shape index (κ2) is 5.66. The van der Waals surface area contributed by atoms with Crippen molar-refractivity contribution in [1.29, 1.82) is 0 Å². The lowest BCUT2D eigenvalue weighted by atomic mass is 10.1. The molecule has 0 fully saturated rings. The van der Waals surface area contributed by atoms with Crippen molar-refractivity contribution in [3.63, 3.8) is 0 Å². The summed E-state index contributed by atoms with van der Waals surface area (Å²) in [6, 6.07) is 3.61. The third-order valence-electron chi connectivity index (χ3n) is 1.97. The molecule has 0 atom stereocenters. The Bertz CT molecular complexity index is 339. The summed E-state index contributed by atoms with van der Waals surface area (Å²) in [6.45, 7) is 4.94. The number of nitrogens with zero attached hydrogens (tertiary/aromatic N) is 1. The zero-order valence-electron chi connectivity index (χ0n) is 9.06. The summed E-state index contributed by atoms with van der Waals surface area (Å²) in [5.41, 5.74) is 6.26. The van der Waals surface area contributed by atoms with Gasteiger partial charge in [0.2, 0.25) is 5.88 Å². The van der Waals surface area contributed by atoms with Gasteiger partial charge in [-0.1, -0.05) is 26.1 Å². The van der Waals surface area contributed by atoms with Crippen LogP contribution in [0.4, 0.5) is 0 Å². The lowest BCUT2D eigenvalue weighted by Gasteiger charge is -2.10. The first-order valence-corrected chi connectivity index (χ1v) is 5.39. The quantitative estimate of drug-likeness (QED) is 0.778. The van der Waals surface area contributed by atoms with Crippen molar-refractivity contribution < 1.29 is 4.74 Å². The third-order valence-corrected chi connectivity index (χ3v) is 2.19. The molecule has 0 saturated carbocycles. The molecular weight excluding hydrogens is 208 g/mol. The first-order chi connectivity index (χ1) is 7.11. The van der Waals surface area contributed by atoms with Crippen molar-refractivity contribution in [2.75, 3.05) is 6.61 Å². The van der Waals surface area contributed by atoms with E-state index in [1.807, 2.05) is 6.07 Å². The standard InChI is InChI=1S/C11H16N2OS/c1-8(2)5-7-14-11-9(10(12)15)4-3-6-13-11/h3-4,6,8H,5,7H2,1-2H3,(H2,12,15). The van der Waals surface area contributed by atoms with Crippen LogP contribution in [0.25, 0.3) is 0 Å². The first-order valence-electron chi connectivity index (χ1n) is 4.99. The van der Waals surface area contributed by atoms with Crippen LogP contribution < -0.4 is 10.5 Å². The molecule has 0 aliphatic heterocycles. The van der Waals surface area contributed by atoms with Crippen LogP contribution in [0.2, 0.25) is 0 Å². The van der Waals surface area contributed by atoms with E-state index in [9.17, 15) is 0 Å². The summed E-state index contributed by atoms with van der Waals surface area (Å²) in [6.07, 6.45) is 2.67. The molecule has 0 radical (unpaired) electrons. The van der Waals surface area contributed by atoms with Crippen molar-refractivity contribution in [3.8, 4) is 5.88 Å². The molecule has 4 heteroatoms. The Kier molecular flexibility index (Phi) is 4.49. The molecule has 0 aliphatic carbocycles. The van der Waals surface area contributed by atoms with Gasteiger partial charge in [0.15, 0.2) is 0 Å². The Hall–Kier alpha value is -1.16. The fraction of sp³-hybridized carbons (Fsp3) is 0.455. The van der Waals surface area contributed by atoms with E-state index in [-0.39, 0.29) is 0 Å². The van der Waals surface area contributed by atoms with Crippen molar-refractivity contribution in [2.45, 2.75) is 20.3 Å². The van der Waals surface area contributed by atoms with Crippen molar-refractivity contribution in [1.82, 2.24) is 4.98 Å². The smallest absolute Gasteiger partial charge is 0.223 e. The maximum atomic E-state index is 5.56. The number of nitrogens with two attached hydrogens (primary N) is 1. The van der Waals surface area contributed by atoms with Crippen LogP contribution in [0.5, 0.6) is 5.88 Å². The molecule has 3 nitrogen and oxygen atoms in total. The van der Waals surface area contributed by atoms with Gasteiger partial charge in [-0.15, -0.1) is 0 Å². The highest BCUT2D eigenvalue weighted by Gasteiger charge is 2.06. The minimum atomic E-state index is 0.322. The Balaban J connectivity index is 2.63. The van der Waals surface area contributed by atoms with E-state index < -0.39 is 0 Å². The van der Waals surface area contributed by atoms with Gasteiger partial charge in [-0.25, -0.2) is 4.98 Å². The summed E-state index contributed by atoms with van der Waals surface area (Å²) >= 11 is 4.91. The fourth-order valence-corrected chi connectivity index (χ4v) is 1.24. The summed E-state index contributed by atoms with van der Waals surface area (Å²) < 4.78 is 5.53. The topological polar surface area (TPSA) is 48.1 Å².